The Kier molecular flexibility index (Phi) is 7.97. The maximum atomic E-state index is 12.6. The van der Waals surface area contributed by atoms with Crippen LogP contribution in [0.3, 0.4) is 0 Å². The second kappa shape index (κ2) is 11.1. The van der Waals surface area contributed by atoms with E-state index in [-0.39, 0.29) is 17.9 Å². The van der Waals surface area contributed by atoms with E-state index in [4.69, 9.17) is 10.5 Å². The molecule has 0 saturated carbocycles. The summed E-state index contributed by atoms with van der Waals surface area (Å²) < 4.78 is 5.18. The van der Waals surface area contributed by atoms with Gasteiger partial charge in [-0.2, -0.15) is 0 Å². The fraction of sp³-hybridized carbons (Fsp3) is 0.304. The van der Waals surface area contributed by atoms with E-state index in [2.05, 4.69) is 16.0 Å². The van der Waals surface area contributed by atoms with E-state index >= 15 is 0 Å². The van der Waals surface area contributed by atoms with Crippen LogP contribution in [0.1, 0.15) is 17.5 Å². The second-order valence-electron chi connectivity index (χ2n) is 8.00. The van der Waals surface area contributed by atoms with Gasteiger partial charge in [-0.05, 0) is 11.6 Å². The van der Waals surface area contributed by atoms with Gasteiger partial charge in [0.2, 0.25) is 23.6 Å². The Morgan fingerprint density at radius 2 is 1.77 bits per heavy atom. The van der Waals surface area contributed by atoms with Crippen molar-refractivity contribution in [2.75, 3.05) is 7.11 Å². The molecule has 12 nitrogen and oxygen atoms in total. The number of amides is 4. The van der Waals surface area contributed by atoms with E-state index in [9.17, 15) is 29.3 Å². The third-order valence-corrected chi connectivity index (χ3v) is 5.52. The SMILES string of the molecule is COc1ccc([N+](=O)[O-])cc1C[C@H](NC(=O)C[C@@H]1NC(=O)[C@H](Cc2ccccc2)NC1=O)C(N)=O. The van der Waals surface area contributed by atoms with Crippen molar-refractivity contribution in [2.24, 2.45) is 5.73 Å². The number of nitrogens with one attached hydrogen (secondary N) is 3. The number of nitrogens with zero attached hydrogens (tertiary/aromatic N) is 1. The predicted octanol–water partition coefficient (Wildman–Crippen LogP) is -0.268. The summed E-state index contributed by atoms with van der Waals surface area (Å²) in [4.78, 5) is 60.0. The smallest absolute Gasteiger partial charge is 0.269 e. The number of carbonyl (C=O) groups excluding carboxylic acids is 4. The molecule has 0 radical (unpaired) electrons. The first-order valence-electron chi connectivity index (χ1n) is 10.7. The first-order chi connectivity index (χ1) is 16.7. The Balaban J connectivity index is 1.62. The molecule has 4 amide bonds. The average molecular weight is 483 g/mol. The van der Waals surface area contributed by atoms with Crippen molar-refractivity contribution >= 4 is 29.3 Å². The van der Waals surface area contributed by atoms with Crippen LogP contribution in [0.25, 0.3) is 0 Å². The number of rotatable bonds is 10. The molecule has 2 aromatic rings. The summed E-state index contributed by atoms with van der Waals surface area (Å²) in [5, 5.41) is 18.7. The van der Waals surface area contributed by atoms with Crippen LogP contribution in [-0.4, -0.2) is 53.8 Å². The van der Waals surface area contributed by atoms with Gasteiger partial charge < -0.3 is 26.4 Å². The quantitative estimate of drug-likeness (QED) is 0.265. The highest BCUT2D eigenvalue weighted by Gasteiger charge is 2.35. The number of nitro benzene ring substituents is 1. The number of primary amides is 1. The number of nitrogens with two attached hydrogens (primary N) is 1. The molecule has 0 unspecified atom stereocenters. The third-order valence-electron chi connectivity index (χ3n) is 5.52. The zero-order valence-corrected chi connectivity index (χ0v) is 18.9. The third kappa shape index (κ3) is 6.53. The van der Waals surface area contributed by atoms with E-state index in [1.165, 1.54) is 25.3 Å². The van der Waals surface area contributed by atoms with Gasteiger partial charge in [0.05, 0.1) is 18.5 Å². The highest BCUT2D eigenvalue weighted by Crippen LogP contribution is 2.25. The first-order valence-corrected chi connectivity index (χ1v) is 10.7. The zero-order chi connectivity index (χ0) is 25.5. The number of benzene rings is 2. The number of hydrogen-bond donors (Lipinski definition) is 4. The number of nitro groups is 1. The number of non-ortho nitro benzene ring substituents is 1. The van der Waals surface area contributed by atoms with E-state index < -0.39 is 53.1 Å². The molecule has 2 aromatic carbocycles. The monoisotopic (exact) mass is 483 g/mol. The first kappa shape index (κ1) is 25.1. The summed E-state index contributed by atoms with van der Waals surface area (Å²) in [5.74, 6) is -2.28. The van der Waals surface area contributed by atoms with Crippen LogP contribution in [0.15, 0.2) is 48.5 Å². The lowest BCUT2D eigenvalue weighted by Gasteiger charge is -2.29. The maximum Gasteiger partial charge on any atom is 0.269 e. The van der Waals surface area contributed by atoms with E-state index in [0.717, 1.165) is 5.56 Å². The van der Waals surface area contributed by atoms with Gasteiger partial charge in [-0.25, -0.2) is 0 Å². The van der Waals surface area contributed by atoms with Gasteiger partial charge in [0.15, 0.2) is 0 Å². The van der Waals surface area contributed by atoms with E-state index in [1.807, 2.05) is 30.3 Å². The Bertz CT molecular complexity index is 1140. The number of ether oxygens (including phenoxy) is 1. The minimum absolute atomic E-state index is 0.172. The number of carbonyl (C=O) groups is 4. The lowest BCUT2D eigenvalue weighted by Crippen LogP contribution is -2.63. The number of piperazine rings is 1. The van der Waals surface area contributed by atoms with Crippen LogP contribution in [0.4, 0.5) is 5.69 Å². The molecule has 0 spiro atoms. The van der Waals surface area contributed by atoms with Crippen LogP contribution >= 0.6 is 0 Å². The van der Waals surface area contributed by atoms with Gasteiger partial charge in [0.1, 0.15) is 23.9 Å². The lowest BCUT2D eigenvalue weighted by molar-refractivity contribution is -0.384. The van der Waals surface area contributed by atoms with Gasteiger partial charge in [0, 0.05) is 30.5 Å². The van der Waals surface area contributed by atoms with Crippen LogP contribution < -0.4 is 26.4 Å². The lowest BCUT2D eigenvalue weighted by atomic mass is 10.00. The molecule has 3 rings (SSSR count). The van der Waals surface area contributed by atoms with Gasteiger partial charge in [-0.1, -0.05) is 30.3 Å². The zero-order valence-electron chi connectivity index (χ0n) is 18.9. The van der Waals surface area contributed by atoms with Crippen molar-refractivity contribution in [3.05, 3.63) is 69.8 Å². The fourth-order valence-corrected chi connectivity index (χ4v) is 3.73. The molecule has 1 heterocycles. The van der Waals surface area contributed by atoms with Crippen LogP contribution in [0, 0.1) is 10.1 Å². The Morgan fingerprint density at radius 3 is 2.40 bits per heavy atom. The molecule has 12 heteroatoms. The molecule has 1 aliphatic heterocycles. The summed E-state index contributed by atoms with van der Waals surface area (Å²) in [6.07, 6.45) is -0.300. The maximum absolute atomic E-state index is 12.6. The summed E-state index contributed by atoms with van der Waals surface area (Å²) in [6.45, 7) is 0. The van der Waals surface area contributed by atoms with Crippen LogP contribution in [0.2, 0.25) is 0 Å². The molecule has 0 bridgehead atoms. The van der Waals surface area contributed by atoms with Crippen LogP contribution in [0.5, 0.6) is 5.75 Å². The molecular weight excluding hydrogens is 458 g/mol. The minimum Gasteiger partial charge on any atom is -0.496 e. The number of hydrogen-bond acceptors (Lipinski definition) is 7. The van der Waals surface area contributed by atoms with Gasteiger partial charge >= 0.3 is 0 Å². The molecule has 0 aromatic heterocycles. The Morgan fingerprint density at radius 1 is 1.11 bits per heavy atom. The van der Waals surface area contributed by atoms with Crippen LogP contribution in [-0.2, 0) is 32.0 Å². The normalized spacial score (nSPS) is 18.1. The summed E-state index contributed by atoms with van der Waals surface area (Å²) in [7, 11) is 1.36. The molecule has 1 fully saturated rings. The molecule has 1 saturated heterocycles. The fourth-order valence-electron chi connectivity index (χ4n) is 3.73. The Hall–Kier alpha value is -4.48. The molecule has 5 N–H and O–H groups in total. The molecule has 1 aliphatic rings. The molecule has 3 atom stereocenters. The van der Waals surface area contributed by atoms with Crippen molar-refractivity contribution in [3.63, 3.8) is 0 Å². The van der Waals surface area contributed by atoms with Gasteiger partial charge in [-0.15, -0.1) is 0 Å². The van der Waals surface area contributed by atoms with Crippen molar-refractivity contribution in [1.29, 1.82) is 0 Å². The van der Waals surface area contributed by atoms with Gasteiger partial charge in [-0.3, -0.25) is 29.3 Å². The van der Waals surface area contributed by atoms with E-state index in [1.54, 1.807) is 0 Å². The topological polar surface area (TPSA) is 183 Å². The average Bonchev–Trinajstić information content (AvgIpc) is 2.82. The van der Waals surface area contributed by atoms with Crippen molar-refractivity contribution in [2.45, 2.75) is 37.4 Å². The standard InChI is InChI=1S/C23H25N5O7/c1-35-19-8-7-15(28(33)34)10-14(19)11-16(21(24)30)25-20(29)12-18-23(32)26-17(22(31)27-18)9-13-5-3-2-4-6-13/h2-8,10,16-18H,9,11-12H2,1H3,(H2,24,30)(H,25,29)(H,26,32)(H,27,31)/t16-,17-,18-/m0/s1. The second-order valence-corrected chi connectivity index (χ2v) is 8.00. The van der Waals surface area contributed by atoms with Crippen molar-refractivity contribution < 1.29 is 28.8 Å². The summed E-state index contributed by atoms with van der Waals surface area (Å²) >= 11 is 0. The summed E-state index contributed by atoms with van der Waals surface area (Å²) in [6, 6.07) is 9.86. The Labute approximate surface area is 200 Å². The highest BCUT2D eigenvalue weighted by atomic mass is 16.6. The number of methoxy groups -OCH3 is 1. The molecular formula is C23H25N5O7. The minimum atomic E-state index is -1.23. The van der Waals surface area contributed by atoms with Crippen molar-refractivity contribution in [3.8, 4) is 5.75 Å². The highest BCUT2D eigenvalue weighted by molar-refractivity contribution is 5.99. The predicted molar refractivity (Wildman–Crippen MR) is 123 cm³/mol. The largest absolute Gasteiger partial charge is 0.496 e. The molecule has 184 valence electrons. The molecule has 0 aliphatic carbocycles. The van der Waals surface area contributed by atoms with Crippen molar-refractivity contribution in [1.82, 2.24) is 16.0 Å². The molecule has 35 heavy (non-hydrogen) atoms. The van der Waals surface area contributed by atoms with Gasteiger partial charge in [0.25, 0.3) is 5.69 Å². The van der Waals surface area contributed by atoms with E-state index in [0.29, 0.717) is 12.0 Å². The summed E-state index contributed by atoms with van der Waals surface area (Å²) in [5.41, 5.74) is 6.35.